The Bertz CT molecular complexity index is 851. The highest BCUT2D eigenvalue weighted by Gasteiger charge is 2.33. The maximum absolute atomic E-state index is 6.57. The van der Waals surface area contributed by atoms with Crippen LogP contribution < -0.4 is 5.73 Å². The van der Waals surface area contributed by atoms with Gasteiger partial charge in [-0.25, -0.2) is 4.98 Å². The minimum Gasteiger partial charge on any atom is -0.384 e. The van der Waals surface area contributed by atoms with E-state index in [1.54, 1.807) is 6.20 Å². The molecule has 160 valence electrons. The van der Waals surface area contributed by atoms with E-state index in [2.05, 4.69) is 38.1 Å². The summed E-state index contributed by atoms with van der Waals surface area (Å²) >= 11 is 0. The van der Waals surface area contributed by atoms with Gasteiger partial charge in [-0.05, 0) is 73.4 Å². The van der Waals surface area contributed by atoms with Crippen LogP contribution >= 0.6 is 0 Å². The first-order valence-corrected chi connectivity index (χ1v) is 11.5. The van der Waals surface area contributed by atoms with Crippen LogP contribution in [0.5, 0.6) is 0 Å². The zero-order valence-corrected chi connectivity index (χ0v) is 17.7. The minimum absolute atomic E-state index is 0.383. The van der Waals surface area contributed by atoms with Crippen LogP contribution in [-0.2, 0) is 17.7 Å². The number of hydrogen-bond acceptors (Lipinski definition) is 6. The molecular weight excluding hydrogens is 374 g/mol. The van der Waals surface area contributed by atoms with E-state index in [9.17, 15) is 0 Å². The van der Waals surface area contributed by atoms with Crippen molar-refractivity contribution in [3.63, 3.8) is 0 Å². The predicted molar refractivity (Wildman–Crippen MR) is 118 cm³/mol. The van der Waals surface area contributed by atoms with E-state index >= 15 is 0 Å². The zero-order valence-electron chi connectivity index (χ0n) is 17.7. The Morgan fingerprint density at radius 3 is 2.77 bits per heavy atom. The Balaban J connectivity index is 1.10. The molecule has 2 N–H and O–H groups in total. The maximum atomic E-state index is 6.57. The Morgan fingerprint density at radius 1 is 1.03 bits per heavy atom. The molecule has 2 saturated heterocycles. The lowest BCUT2D eigenvalue weighted by molar-refractivity contribution is -0.0399. The van der Waals surface area contributed by atoms with E-state index < -0.39 is 0 Å². The monoisotopic (exact) mass is 407 g/mol. The SMILES string of the molecule is Nc1cc(CN2CCC(O[C@H]3CCN(C4CCCc5cnccc54)C3)CC2)ccn1. The normalized spacial score (nSPS) is 26.0. The van der Waals surface area contributed by atoms with Gasteiger partial charge >= 0.3 is 0 Å². The second-order valence-corrected chi connectivity index (χ2v) is 9.09. The van der Waals surface area contributed by atoms with E-state index in [1.807, 2.05) is 12.3 Å². The number of aromatic nitrogens is 2. The fourth-order valence-corrected chi connectivity index (χ4v) is 5.47. The summed E-state index contributed by atoms with van der Waals surface area (Å²) < 4.78 is 6.57. The lowest BCUT2D eigenvalue weighted by atomic mass is 9.88. The molecule has 6 heteroatoms. The van der Waals surface area contributed by atoms with Gasteiger partial charge in [-0.3, -0.25) is 14.8 Å². The Hall–Kier alpha value is -2.02. The number of nitrogen functional groups attached to an aromatic ring is 1. The summed E-state index contributed by atoms with van der Waals surface area (Å²) in [5.74, 6) is 0.605. The third kappa shape index (κ3) is 4.51. The molecule has 2 aromatic heterocycles. The summed E-state index contributed by atoms with van der Waals surface area (Å²) in [6.07, 6.45) is 13.7. The third-order valence-corrected chi connectivity index (χ3v) is 7.01. The number of piperidine rings is 1. The standard InChI is InChI=1S/C24H33N5O/c25-24-14-18(4-10-27-24)16-28-11-6-20(7-12-28)30-21-8-13-29(17-21)23-3-1-2-19-15-26-9-5-22(19)23/h4-5,9-10,14-15,20-21,23H,1-3,6-8,11-13,16-17H2,(H2,25,27)/t21-,23?/m0/s1. The molecule has 0 radical (unpaired) electrons. The summed E-state index contributed by atoms with van der Waals surface area (Å²) in [7, 11) is 0. The van der Waals surface area contributed by atoms with Crippen molar-refractivity contribution in [1.29, 1.82) is 0 Å². The smallest absolute Gasteiger partial charge is 0.123 e. The fourth-order valence-electron chi connectivity index (χ4n) is 5.47. The molecule has 6 nitrogen and oxygen atoms in total. The van der Waals surface area contributed by atoms with Crippen molar-refractivity contribution in [2.45, 2.75) is 63.3 Å². The molecule has 4 heterocycles. The van der Waals surface area contributed by atoms with Crippen LogP contribution in [0, 0.1) is 0 Å². The van der Waals surface area contributed by atoms with Gasteiger partial charge in [0.25, 0.3) is 0 Å². The summed E-state index contributed by atoms with van der Waals surface area (Å²) in [5.41, 5.74) is 10.0. The molecule has 0 aromatic carbocycles. The highest BCUT2D eigenvalue weighted by Crippen LogP contribution is 2.36. The molecule has 3 aliphatic rings. The number of fused-ring (bicyclic) bond motifs is 1. The van der Waals surface area contributed by atoms with Crippen LogP contribution in [0.25, 0.3) is 0 Å². The topological polar surface area (TPSA) is 67.5 Å². The second-order valence-electron chi connectivity index (χ2n) is 9.09. The summed E-state index contributed by atoms with van der Waals surface area (Å²) in [6.45, 7) is 5.35. The molecule has 1 unspecified atom stereocenters. The summed E-state index contributed by atoms with van der Waals surface area (Å²) in [4.78, 5) is 13.6. The van der Waals surface area contributed by atoms with Crippen molar-refractivity contribution < 1.29 is 4.74 Å². The third-order valence-electron chi connectivity index (χ3n) is 7.01. The Labute approximate surface area is 179 Å². The van der Waals surface area contributed by atoms with Gasteiger partial charge in [-0.2, -0.15) is 0 Å². The van der Waals surface area contributed by atoms with Crippen LogP contribution in [-0.4, -0.2) is 58.2 Å². The molecule has 2 aliphatic heterocycles. The first-order chi connectivity index (χ1) is 14.7. The average molecular weight is 408 g/mol. The van der Waals surface area contributed by atoms with Crippen LogP contribution in [0.15, 0.2) is 36.8 Å². The number of nitrogens with zero attached hydrogens (tertiary/aromatic N) is 4. The largest absolute Gasteiger partial charge is 0.384 e. The fraction of sp³-hybridized carbons (Fsp3) is 0.583. The van der Waals surface area contributed by atoms with Crippen molar-refractivity contribution in [1.82, 2.24) is 19.8 Å². The first-order valence-electron chi connectivity index (χ1n) is 11.5. The first kappa shape index (κ1) is 19.9. The van der Waals surface area contributed by atoms with E-state index in [0.29, 0.717) is 24.1 Å². The van der Waals surface area contributed by atoms with Crippen molar-refractivity contribution in [3.05, 3.63) is 53.5 Å². The van der Waals surface area contributed by atoms with Crippen LogP contribution in [0.4, 0.5) is 5.82 Å². The molecule has 1 aliphatic carbocycles. The molecular formula is C24H33N5O. The van der Waals surface area contributed by atoms with Crippen molar-refractivity contribution in [3.8, 4) is 0 Å². The van der Waals surface area contributed by atoms with E-state index in [4.69, 9.17) is 10.5 Å². The molecule has 2 atom stereocenters. The Morgan fingerprint density at radius 2 is 1.90 bits per heavy atom. The van der Waals surface area contributed by atoms with Crippen molar-refractivity contribution >= 4 is 5.82 Å². The average Bonchev–Trinajstić information content (AvgIpc) is 3.23. The molecule has 0 amide bonds. The van der Waals surface area contributed by atoms with Gasteiger partial charge in [0, 0.05) is 57.4 Å². The highest BCUT2D eigenvalue weighted by atomic mass is 16.5. The van der Waals surface area contributed by atoms with Gasteiger partial charge in [0.2, 0.25) is 0 Å². The van der Waals surface area contributed by atoms with Gasteiger partial charge in [0.15, 0.2) is 0 Å². The molecule has 5 rings (SSSR count). The molecule has 0 bridgehead atoms. The lowest BCUT2D eigenvalue weighted by Gasteiger charge is -2.34. The number of nitrogens with two attached hydrogens (primary N) is 1. The second kappa shape index (κ2) is 9.00. The zero-order chi connectivity index (χ0) is 20.3. The molecule has 30 heavy (non-hydrogen) atoms. The van der Waals surface area contributed by atoms with Crippen molar-refractivity contribution in [2.24, 2.45) is 0 Å². The molecule has 2 aromatic rings. The van der Waals surface area contributed by atoms with Gasteiger partial charge < -0.3 is 10.5 Å². The van der Waals surface area contributed by atoms with Gasteiger partial charge in [0.1, 0.15) is 5.82 Å². The van der Waals surface area contributed by atoms with E-state index in [1.165, 1.54) is 36.0 Å². The maximum Gasteiger partial charge on any atom is 0.123 e. The molecule has 0 saturated carbocycles. The van der Waals surface area contributed by atoms with Gasteiger partial charge in [0.05, 0.1) is 12.2 Å². The number of pyridine rings is 2. The van der Waals surface area contributed by atoms with Gasteiger partial charge in [-0.15, -0.1) is 0 Å². The van der Waals surface area contributed by atoms with Crippen molar-refractivity contribution in [2.75, 3.05) is 31.9 Å². The molecule has 0 spiro atoms. The van der Waals surface area contributed by atoms with E-state index in [0.717, 1.165) is 52.0 Å². The Kier molecular flexibility index (Phi) is 5.97. The highest BCUT2D eigenvalue weighted by molar-refractivity contribution is 5.32. The predicted octanol–water partition coefficient (Wildman–Crippen LogP) is 3.19. The lowest BCUT2D eigenvalue weighted by Crippen LogP contribution is -2.38. The molecule has 2 fully saturated rings. The number of likely N-dealkylation sites (tertiary alicyclic amines) is 2. The van der Waals surface area contributed by atoms with Crippen LogP contribution in [0.3, 0.4) is 0 Å². The number of rotatable bonds is 5. The number of ether oxygens (including phenoxy) is 1. The summed E-state index contributed by atoms with van der Waals surface area (Å²) in [5, 5.41) is 0. The summed E-state index contributed by atoms with van der Waals surface area (Å²) in [6, 6.07) is 6.83. The van der Waals surface area contributed by atoms with Crippen LogP contribution in [0.2, 0.25) is 0 Å². The van der Waals surface area contributed by atoms with Crippen LogP contribution in [0.1, 0.15) is 54.8 Å². The number of aryl methyl sites for hydroxylation is 1. The van der Waals surface area contributed by atoms with Gasteiger partial charge in [-0.1, -0.05) is 0 Å². The quantitative estimate of drug-likeness (QED) is 0.821. The number of anilines is 1. The minimum atomic E-state index is 0.383. The number of hydrogen-bond donors (Lipinski definition) is 1. The van der Waals surface area contributed by atoms with E-state index in [-0.39, 0.29) is 0 Å².